The van der Waals surface area contributed by atoms with Crippen LogP contribution in [-0.2, 0) is 19.4 Å². The molecule has 0 aromatic rings. The van der Waals surface area contributed by atoms with Gasteiger partial charge in [0, 0.05) is 6.42 Å². The van der Waals surface area contributed by atoms with E-state index in [9.17, 15) is 18.0 Å². The predicted molar refractivity (Wildman–Crippen MR) is 58.8 cm³/mol. The Morgan fingerprint density at radius 2 is 2.11 bits per heavy atom. The number of carbonyl (C=O) groups excluding carboxylic acids is 1. The van der Waals surface area contributed by atoms with Crippen LogP contribution in [0.3, 0.4) is 0 Å². The minimum Gasteiger partial charge on any atom is -0.480 e. The molecule has 0 aliphatic carbocycles. The molecule has 98 valence electrons. The minimum atomic E-state index is -3.79. The van der Waals surface area contributed by atoms with E-state index in [1.54, 1.807) is 6.07 Å². The van der Waals surface area contributed by atoms with Gasteiger partial charge in [0.25, 0.3) is 0 Å². The van der Waals surface area contributed by atoms with Crippen LogP contribution in [0.25, 0.3) is 0 Å². The van der Waals surface area contributed by atoms with Crippen molar-refractivity contribution in [1.82, 2.24) is 4.90 Å². The van der Waals surface area contributed by atoms with Gasteiger partial charge in [-0.1, -0.05) is 0 Å². The van der Waals surface area contributed by atoms with Crippen molar-refractivity contribution in [2.75, 3.05) is 0 Å². The van der Waals surface area contributed by atoms with Crippen LogP contribution >= 0.6 is 0 Å². The first-order valence-electron chi connectivity index (χ1n) is 5.33. The Morgan fingerprint density at radius 1 is 1.56 bits per heavy atom. The van der Waals surface area contributed by atoms with Crippen LogP contribution in [-0.4, -0.2) is 46.5 Å². The topological polar surface area (TPSA) is 116 Å². The zero-order chi connectivity index (χ0) is 13.9. The van der Waals surface area contributed by atoms with Crippen LogP contribution in [0.5, 0.6) is 0 Å². The molecule has 2 aliphatic rings. The van der Waals surface area contributed by atoms with Crippen LogP contribution in [0, 0.1) is 17.2 Å². The van der Waals surface area contributed by atoms with E-state index in [0.29, 0.717) is 0 Å². The van der Waals surface area contributed by atoms with E-state index in [1.807, 2.05) is 0 Å². The van der Waals surface area contributed by atoms with Crippen LogP contribution in [0.1, 0.15) is 20.3 Å². The smallest absolute Gasteiger partial charge is 0.328 e. The van der Waals surface area contributed by atoms with Crippen LogP contribution < -0.4 is 0 Å². The number of amides is 1. The maximum absolute atomic E-state index is 12.3. The summed E-state index contributed by atoms with van der Waals surface area (Å²) < 4.78 is 23.0. The first-order chi connectivity index (χ1) is 8.17. The molecule has 1 N–H and O–H groups in total. The molecule has 1 amide bonds. The number of hydrogen-bond donors (Lipinski definition) is 1. The zero-order valence-electron chi connectivity index (χ0n) is 9.82. The average Bonchev–Trinajstić information content (AvgIpc) is 2.38. The van der Waals surface area contributed by atoms with E-state index in [0.717, 1.165) is 4.90 Å². The summed E-state index contributed by atoms with van der Waals surface area (Å²) in [4.78, 5) is 23.8. The molecule has 2 rings (SSSR count). The molecule has 7 nitrogen and oxygen atoms in total. The zero-order valence-corrected chi connectivity index (χ0v) is 10.6. The van der Waals surface area contributed by atoms with Crippen molar-refractivity contribution in [1.29, 1.82) is 5.26 Å². The maximum Gasteiger partial charge on any atom is 0.328 e. The van der Waals surface area contributed by atoms with Crippen molar-refractivity contribution in [3.63, 3.8) is 0 Å². The average molecular weight is 272 g/mol. The molecule has 0 spiro atoms. The van der Waals surface area contributed by atoms with Gasteiger partial charge in [-0.2, -0.15) is 5.26 Å². The second-order valence-electron chi connectivity index (χ2n) is 4.99. The Balaban J connectivity index is 2.53. The largest absolute Gasteiger partial charge is 0.480 e. The number of fused-ring (bicyclic) bond motifs is 1. The summed E-state index contributed by atoms with van der Waals surface area (Å²) in [7, 11) is -3.79. The number of rotatable bonds is 2. The van der Waals surface area contributed by atoms with Crippen LogP contribution in [0.4, 0.5) is 0 Å². The monoisotopic (exact) mass is 272 g/mol. The Hall–Kier alpha value is -1.62. The second kappa shape index (κ2) is 3.45. The van der Waals surface area contributed by atoms with Crippen molar-refractivity contribution >= 4 is 21.7 Å². The fourth-order valence-electron chi connectivity index (χ4n) is 2.70. The van der Waals surface area contributed by atoms with Gasteiger partial charge in [-0.05, 0) is 13.8 Å². The summed E-state index contributed by atoms with van der Waals surface area (Å²) in [5, 5.41) is 16.5. The molecule has 2 heterocycles. The van der Waals surface area contributed by atoms with Gasteiger partial charge in [-0.15, -0.1) is 0 Å². The van der Waals surface area contributed by atoms with Gasteiger partial charge >= 0.3 is 5.97 Å². The van der Waals surface area contributed by atoms with E-state index < -0.39 is 43.8 Å². The summed E-state index contributed by atoms with van der Waals surface area (Å²) in [6.07, 6.45) is -0.207. The second-order valence-corrected chi connectivity index (χ2v) is 7.62. The van der Waals surface area contributed by atoms with Crippen molar-refractivity contribution < 1.29 is 23.1 Å². The number of hydrogen-bond acceptors (Lipinski definition) is 5. The van der Waals surface area contributed by atoms with E-state index in [-0.39, 0.29) is 6.42 Å². The SMILES string of the molecule is CC1(C)[C@H](C(=O)O)N2C(=O)[C@@H](CC#N)[C@H]2S1(=O)=O. The molecular weight excluding hydrogens is 260 g/mol. The van der Waals surface area contributed by atoms with Gasteiger partial charge in [-0.25, -0.2) is 13.2 Å². The third-order valence-electron chi connectivity index (χ3n) is 3.72. The minimum absolute atomic E-state index is 0.207. The molecule has 0 aromatic heterocycles. The number of carboxylic acid groups (broad SMARTS) is 1. The highest BCUT2D eigenvalue weighted by Crippen LogP contribution is 2.49. The van der Waals surface area contributed by atoms with Crippen molar-refractivity contribution in [2.45, 2.75) is 36.4 Å². The van der Waals surface area contributed by atoms with Crippen molar-refractivity contribution in [3.8, 4) is 6.07 Å². The van der Waals surface area contributed by atoms with E-state index in [4.69, 9.17) is 10.4 Å². The van der Waals surface area contributed by atoms with E-state index in [1.165, 1.54) is 13.8 Å². The van der Waals surface area contributed by atoms with E-state index in [2.05, 4.69) is 0 Å². The normalized spacial score (nSPS) is 35.5. The highest BCUT2D eigenvalue weighted by Gasteiger charge is 2.71. The van der Waals surface area contributed by atoms with Gasteiger partial charge in [0.15, 0.2) is 9.84 Å². The highest BCUT2D eigenvalue weighted by molar-refractivity contribution is 7.93. The van der Waals surface area contributed by atoms with Gasteiger partial charge in [-0.3, -0.25) is 4.79 Å². The Bertz CT molecular complexity index is 574. The van der Waals surface area contributed by atoms with Gasteiger partial charge in [0.1, 0.15) is 11.4 Å². The number of carbonyl (C=O) groups is 2. The fourth-order valence-corrected chi connectivity index (χ4v) is 5.01. The van der Waals surface area contributed by atoms with Gasteiger partial charge in [0.2, 0.25) is 5.91 Å². The molecule has 0 aromatic carbocycles. The standard InChI is InChI=1S/C10H12N2O5S/c1-10(2)6(9(14)15)12-7(13)5(3-4-11)8(12)18(10,16)17/h5-6,8H,3H2,1-2H3,(H,14,15)/t5-,6+,8-/m1/s1. The van der Waals surface area contributed by atoms with E-state index >= 15 is 0 Å². The number of β-lactam (4-membered cyclic amide) rings is 1. The summed E-state index contributed by atoms with van der Waals surface area (Å²) >= 11 is 0. The molecule has 18 heavy (non-hydrogen) atoms. The lowest BCUT2D eigenvalue weighted by Gasteiger charge is -2.41. The van der Waals surface area contributed by atoms with Crippen LogP contribution in [0.2, 0.25) is 0 Å². The molecule has 2 fully saturated rings. The molecule has 3 atom stereocenters. The van der Waals surface area contributed by atoms with Gasteiger partial charge in [0.05, 0.1) is 16.7 Å². The summed E-state index contributed by atoms with van der Waals surface area (Å²) in [5.41, 5.74) is 0. The maximum atomic E-state index is 12.3. The Kier molecular flexibility index (Phi) is 2.46. The first-order valence-corrected chi connectivity index (χ1v) is 6.88. The van der Waals surface area contributed by atoms with Crippen LogP contribution in [0.15, 0.2) is 0 Å². The summed E-state index contributed by atoms with van der Waals surface area (Å²) in [6.45, 7) is 2.60. The first kappa shape index (κ1) is 12.8. The Morgan fingerprint density at radius 3 is 2.56 bits per heavy atom. The lowest BCUT2D eigenvalue weighted by Crippen LogP contribution is -2.63. The molecule has 8 heteroatoms. The number of aliphatic carboxylic acids is 1. The Labute approximate surface area is 104 Å². The lowest BCUT2D eigenvalue weighted by molar-refractivity contribution is -0.163. The fraction of sp³-hybridized carbons (Fsp3) is 0.700. The summed E-state index contributed by atoms with van der Waals surface area (Å²) in [6, 6.07) is 0.383. The number of nitrogens with zero attached hydrogens (tertiary/aromatic N) is 2. The third-order valence-corrected chi connectivity index (χ3v) is 6.60. The molecule has 2 aliphatic heterocycles. The molecule has 0 radical (unpaired) electrons. The number of nitriles is 1. The highest BCUT2D eigenvalue weighted by atomic mass is 32.2. The number of sulfone groups is 1. The van der Waals surface area contributed by atoms with Crippen molar-refractivity contribution in [2.24, 2.45) is 5.92 Å². The lowest BCUT2D eigenvalue weighted by atomic mass is 9.90. The quantitative estimate of drug-likeness (QED) is 0.667. The third kappa shape index (κ3) is 1.20. The molecule has 0 unspecified atom stereocenters. The molecular formula is C10H12N2O5S. The molecule has 0 saturated carbocycles. The van der Waals surface area contributed by atoms with Crippen molar-refractivity contribution in [3.05, 3.63) is 0 Å². The molecule has 0 bridgehead atoms. The summed E-state index contributed by atoms with van der Waals surface area (Å²) in [5.74, 6) is -2.83. The number of carboxylic acids is 1. The predicted octanol–water partition coefficient (Wildman–Crippen LogP) is -0.655. The van der Waals surface area contributed by atoms with Gasteiger partial charge < -0.3 is 10.0 Å². The molecule has 2 saturated heterocycles.